The Balaban J connectivity index is 2.02. The van der Waals surface area contributed by atoms with Gasteiger partial charge < -0.3 is 10.4 Å². The van der Waals surface area contributed by atoms with E-state index in [1.165, 1.54) is 11.3 Å². The van der Waals surface area contributed by atoms with Gasteiger partial charge in [-0.25, -0.2) is 4.79 Å². The van der Waals surface area contributed by atoms with Crippen LogP contribution in [0, 0.1) is 3.57 Å². The van der Waals surface area contributed by atoms with Gasteiger partial charge in [0.25, 0.3) is 0 Å². The quantitative estimate of drug-likeness (QED) is 0.696. The van der Waals surface area contributed by atoms with Crippen molar-refractivity contribution in [2.45, 2.75) is 6.54 Å². The maximum atomic E-state index is 10.8. The van der Waals surface area contributed by atoms with Gasteiger partial charge in [-0.3, -0.25) is 0 Å². The van der Waals surface area contributed by atoms with Crippen LogP contribution in [-0.4, -0.2) is 11.1 Å². The van der Waals surface area contributed by atoms with E-state index in [-0.39, 0.29) is 0 Å². The van der Waals surface area contributed by atoms with Gasteiger partial charge in [0.2, 0.25) is 0 Å². The average Bonchev–Trinajstić information content (AvgIpc) is 2.79. The summed E-state index contributed by atoms with van der Waals surface area (Å²) in [5, 5.41) is 12.1. The van der Waals surface area contributed by atoms with Crippen LogP contribution in [0.5, 0.6) is 0 Å². The highest BCUT2D eigenvalue weighted by Crippen LogP contribution is 2.24. The van der Waals surface area contributed by atoms with Gasteiger partial charge in [0.05, 0.1) is 0 Å². The second kappa shape index (κ2) is 6.03. The molecule has 18 heavy (non-hydrogen) atoms. The van der Waals surface area contributed by atoms with E-state index in [2.05, 4.69) is 43.8 Å². The van der Waals surface area contributed by atoms with Gasteiger partial charge in [-0.15, -0.1) is 11.3 Å². The van der Waals surface area contributed by atoms with Crippen LogP contribution in [0.4, 0.5) is 5.69 Å². The molecule has 0 radical (unpaired) electrons. The summed E-state index contributed by atoms with van der Waals surface area (Å²) >= 11 is 7.02. The summed E-state index contributed by atoms with van der Waals surface area (Å²) in [6.45, 7) is 0.630. The monoisotopic (exact) mass is 437 g/mol. The molecule has 0 unspecified atom stereocenters. The number of hydrogen-bond acceptors (Lipinski definition) is 3. The Morgan fingerprint density at radius 1 is 1.39 bits per heavy atom. The van der Waals surface area contributed by atoms with Crippen molar-refractivity contribution in [1.82, 2.24) is 0 Å². The zero-order chi connectivity index (χ0) is 13.1. The van der Waals surface area contributed by atoms with E-state index in [0.29, 0.717) is 11.4 Å². The number of aromatic carboxylic acids is 1. The molecule has 0 saturated heterocycles. The molecule has 6 heteroatoms. The van der Waals surface area contributed by atoms with Crippen molar-refractivity contribution in [2.24, 2.45) is 0 Å². The maximum Gasteiger partial charge on any atom is 0.345 e. The molecule has 0 aliphatic rings. The maximum absolute atomic E-state index is 10.8. The van der Waals surface area contributed by atoms with Gasteiger partial charge in [0, 0.05) is 25.2 Å². The minimum Gasteiger partial charge on any atom is -0.477 e. The molecule has 0 aliphatic carbocycles. The van der Waals surface area contributed by atoms with Crippen LogP contribution in [0.25, 0.3) is 0 Å². The van der Waals surface area contributed by atoms with Crippen molar-refractivity contribution in [1.29, 1.82) is 0 Å². The second-order valence-corrected chi connectivity index (χ2v) is 6.74. The highest BCUT2D eigenvalue weighted by atomic mass is 127. The SMILES string of the molecule is O=C(O)c1ccc(CNc2ccc(I)c(Br)c2)s1. The summed E-state index contributed by atoms with van der Waals surface area (Å²) in [5.74, 6) is -0.872. The molecule has 1 aromatic heterocycles. The summed E-state index contributed by atoms with van der Waals surface area (Å²) in [7, 11) is 0. The normalized spacial score (nSPS) is 10.3. The van der Waals surface area contributed by atoms with Gasteiger partial charge in [-0.05, 0) is 68.9 Å². The van der Waals surface area contributed by atoms with Crippen LogP contribution in [-0.2, 0) is 6.54 Å². The third-order valence-corrected chi connectivity index (χ3v) is 5.67. The fraction of sp³-hybridized carbons (Fsp3) is 0.0833. The Morgan fingerprint density at radius 2 is 2.17 bits per heavy atom. The number of rotatable bonds is 4. The number of carboxylic acid groups (broad SMARTS) is 1. The van der Waals surface area contributed by atoms with E-state index in [1.54, 1.807) is 6.07 Å². The van der Waals surface area contributed by atoms with Crippen LogP contribution < -0.4 is 5.32 Å². The van der Waals surface area contributed by atoms with E-state index in [9.17, 15) is 4.79 Å². The summed E-state index contributed by atoms with van der Waals surface area (Å²) in [5.41, 5.74) is 1.01. The van der Waals surface area contributed by atoms with E-state index in [4.69, 9.17) is 5.11 Å². The summed E-state index contributed by atoms with van der Waals surface area (Å²) in [6, 6.07) is 9.49. The third-order valence-electron chi connectivity index (χ3n) is 2.26. The molecule has 94 valence electrons. The molecule has 0 bridgehead atoms. The van der Waals surface area contributed by atoms with Gasteiger partial charge in [-0.2, -0.15) is 0 Å². The van der Waals surface area contributed by atoms with Crippen LogP contribution in [0.2, 0.25) is 0 Å². The standard InChI is InChI=1S/C12H9BrINO2S/c13-9-5-7(1-3-10(9)14)15-6-8-2-4-11(18-8)12(16)17/h1-5,15H,6H2,(H,16,17). The predicted octanol–water partition coefficient (Wildman–Crippen LogP) is 4.43. The first-order valence-corrected chi connectivity index (χ1v) is 7.76. The van der Waals surface area contributed by atoms with E-state index < -0.39 is 5.97 Å². The van der Waals surface area contributed by atoms with Crippen molar-refractivity contribution in [3.63, 3.8) is 0 Å². The largest absolute Gasteiger partial charge is 0.477 e. The molecule has 2 rings (SSSR count). The first-order chi connectivity index (χ1) is 8.56. The average molecular weight is 438 g/mol. The Hall–Kier alpha value is -0.600. The van der Waals surface area contributed by atoms with Crippen molar-refractivity contribution < 1.29 is 9.90 Å². The molecule has 1 heterocycles. The van der Waals surface area contributed by atoms with Crippen LogP contribution in [0.3, 0.4) is 0 Å². The Kier molecular flexibility index (Phi) is 4.63. The second-order valence-electron chi connectivity index (χ2n) is 3.55. The van der Waals surface area contributed by atoms with Gasteiger partial charge in [0.15, 0.2) is 0 Å². The molecule has 2 aromatic rings. The lowest BCUT2D eigenvalue weighted by atomic mass is 10.3. The number of anilines is 1. The Bertz CT molecular complexity index is 585. The summed E-state index contributed by atoms with van der Waals surface area (Å²) < 4.78 is 2.20. The molecule has 1 aromatic carbocycles. The smallest absolute Gasteiger partial charge is 0.345 e. The number of carbonyl (C=O) groups is 1. The molecule has 0 aliphatic heterocycles. The highest BCUT2D eigenvalue weighted by molar-refractivity contribution is 14.1. The van der Waals surface area contributed by atoms with Gasteiger partial charge >= 0.3 is 5.97 Å². The molecule has 0 spiro atoms. The molecule has 0 fully saturated rings. The minimum atomic E-state index is -0.872. The number of nitrogens with one attached hydrogen (secondary N) is 1. The van der Waals surface area contributed by atoms with Crippen molar-refractivity contribution >= 4 is 61.5 Å². The van der Waals surface area contributed by atoms with Crippen molar-refractivity contribution in [2.75, 3.05) is 5.32 Å². The fourth-order valence-electron chi connectivity index (χ4n) is 1.38. The van der Waals surface area contributed by atoms with E-state index in [1.807, 2.05) is 24.3 Å². The lowest BCUT2D eigenvalue weighted by molar-refractivity contribution is 0.0702. The predicted molar refractivity (Wildman–Crippen MR) is 85.5 cm³/mol. The van der Waals surface area contributed by atoms with Gasteiger partial charge in [0.1, 0.15) is 4.88 Å². The first kappa shape index (κ1) is 13.8. The molecule has 0 saturated carbocycles. The zero-order valence-corrected chi connectivity index (χ0v) is 13.7. The van der Waals surface area contributed by atoms with Crippen LogP contribution >= 0.6 is 49.9 Å². The number of carboxylic acids is 1. The van der Waals surface area contributed by atoms with Crippen LogP contribution in [0.15, 0.2) is 34.8 Å². The van der Waals surface area contributed by atoms with Gasteiger partial charge in [-0.1, -0.05) is 0 Å². The highest BCUT2D eigenvalue weighted by Gasteiger charge is 2.06. The molecule has 2 N–H and O–H groups in total. The summed E-state index contributed by atoms with van der Waals surface area (Å²) in [6.07, 6.45) is 0. The van der Waals surface area contributed by atoms with Crippen LogP contribution in [0.1, 0.15) is 14.5 Å². The zero-order valence-electron chi connectivity index (χ0n) is 9.11. The molecule has 3 nitrogen and oxygen atoms in total. The number of halogens is 2. The third kappa shape index (κ3) is 3.46. The fourth-order valence-corrected chi connectivity index (χ4v) is 2.88. The Morgan fingerprint density at radius 3 is 2.78 bits per heavy atom. The minimum absolute atomic E-state index is 0.371. The first-order valence-electron chi connectivity index (χ1n) is 5.07. The molecule has 0 amide bonds. The number of hydrogen-bond donors (Lipinski definition) is 2. The summed E-state index contributed by atoms with van der Waals surface area (Å²) in [4.78, 5) is 12.1. The topological polar surface area (TPSA) is 49.3 Å². The van der Waals surface area contributed by atoms with Crippen molar-refractivity contribution in [3.05, 3.63) is 48.1 Å². The lowest BCUT2D eigenvalue weighted by Gasteiger charge is -2.06. The Labute approximate surface area is 130 Å². The van der Waals surface area contributed by atoms with Crippen molar-refractivity contribution in [3.8, 4) is 0 Å². The molecule has 0 atom stereocenters. The number of thiophene rings is 1. The molecular formula is C12H9BrINO2S. The molecular weight excluding hydrogens is 429 g/mol. The number of benzene rings is 1. The van der Waals surface area contributed by atoms with E-state index in [0.717, 1.165) is 18.6 Å². The van der Waals surface area contributed by atoms with E-state index >= 15 is 0 Å². The lowest BCUT2D eigenvalue weighted by Crippen LogP contribution is -1.97.